The summed E-state index contributed by atoms with van der Waals surface area (Å²) in [5.74, 6) is 0.123. The summed E-state index contributed by atoms with van der Waals surface area (Å²) in [5.41, 5.74) is 5.51. The van der Waals surface area contributed by atoms with Gasteiger partial charge in [0.25, 0.3) is 0 Å². The average Bonchev–Trinajstić information content (AvgIpc) is 2.82. The molecule has 2 heterocycles. The smallest absolute Gasteiger partial charge is 0.330 e. The maximum absolute atomic E-state index is 12.7. The fourth-order valence-electron chi connectivity index (χ4n) is 2.70. The Morgan fingerprint density at radius 3 is 2.67 bits per heavy atom. The van der Waals surface area contributed by atoms with E-state index in [0.29, 0.717) is 37.9 Å². The molecular weight excluding hydrogens is 283 g/mol. The summed E-state index contributed by atoms with van der Waals surface area (Å²) in [5, 5.41) is 6.96. The van der Waals surface area contributed by atoms with Crippen molar-refractivity contribution in [3.8, 4) is 0 Å². The number of alkyl halides is 3. The first kappa shape index (κ1) is 16.2. The van der Waals surface area contributed by atoms with Crippen molar-refractivity contribution in [3.63, 3.8) is 0 Å². The van der Waals surface area contributed by atoms with Gasteiger partial charge in [-0.25, -0.2) is 0 Å². The zero-order valence-electron chi connectivity index (χ0n) is 12.2. The van der Waals surface area contributed by atoms with E-state index in [1.54, 1.807) is 0 Å². The van der Waals surface area contributed by atoms with Crippen molar-refractivity contribution in [1.29, 1.82) is 0 Å². The fraction of sp³-hybridized carbons (Fsp3) is 0.846. The number of nitrogens with two attached hydrogens (primary N) is 1. The lowest BCUT2D eigenvalue weighted by Crippen LogP contribution is -2.36. The molecule has 0 aromatic carbocycles. The van der Waals surface area contributed by atoms with Crippen molar-refractivity contribution in [2.24, 2.45) is 11.7 Å². The van der Waals surface area contributed by atoms with Crippen LogP contribution in [0.15, 0.2) is 0 Å². The van der Waals surface area contributed by atoms with E-state index in [9.17, 15) is 13.2 Å². The van der Waals surface area contributed by atoms with Gasteiger partial charge in [0.15, 0.2) is 0 Å². The van der Waals surface area contributed by atoms with Gasteiger partial charge in [0.2, 0.25) is 5.82 Å². The summed E-state index contributed by atoms with van der Waals surface area (Å²) in [6.45, 7) is 5.11. The molecule has 1 aromatic rings. The van der Waals surface area contributed by atoms with Crippen LogP contribution in [0.2, 0.25) is 0 Å². The minimum Gasteiger partial charge on any atom is -0.330 e. The van der Waals surface area contributed by atoms with Crippen molar-refractivity contribution >= 4 is 0 Å². The topological polar surface area (TPSA) is 60.0 Å². The van der Waals surface area contributed by atoms with E-state index >= 15 is 0 Å². The van der Waals surface area contributed by atoms with Crippen LogP contribution in [0.3, 0.4) is 0 Å². The SMILES string of the molecule is CC(CCN)CCCN1CCn2c(nnc2C(F)(F)F)C1. The molecule has 2 N–H and O–H groups in total. The molecule has 2 rings (SSSR count). The van der Waals surface area contributed by atoms with E-state index in [2.05, 4.69) is 22.0 Å². The Labute approximate surface area is 122 Å². The lowest BCUT2D eigenvalue weighted by Gasteiger charge is -2.28. The molecule has 8 heteroatoms. The summed E-state index contributed by atoms with van der Waals surface area (Å²) in [6.07, 6.45) is -1.29. The van der Waals surface area contributed by atoms with Gasteiger partial charge >= 0.3 is 6.18 Å². The van der Waals surface area contributed by atoms with Crippen LogP contribution in [-0.4, -0.2) is 39.3 Å². The van der Waals surface area contributed by atoms with Crippen LogP contribution in [0.25, 0.3) is 0 Å². The molecule has 1 aliphatic rings. The summed E-state index contributed by atoms with van der Waals surface area (Å²) >= 11 is 0. The van der Waals surface area contributed by atoms with E-state index < -0.39 is 12.0 Å². The van der Waals surface area contributed by atoms with Gasteiger partial charge in [0.1, 0.15) is 5.82 Å². The minimum absolute atomic E-state index is 0.301. The van der Waals surface area contributed by atoms with Crippen molar-refractivity contribution in [2.45, 2.75) is 45.5 Å². The predicted octanol–water partition coefficient (Wildman–Crippen LogP) is 1.88. The number of nitrogens with zero attached hydrogens (tertiary/aromatic N) is 4. The Bertz CT molecular complexity index is 457. The Hall–Kier alpha value is -1.15. The van der Waals surface area contributed by atoms with Gasteiger partial charge in [-0.3, -0.25) is 4.90 Å². The molecule has 0 amide bonds. The van der Waals surface area contributed by atoms with Crippen LogP contribution in [0.1, 0.15) is 37.8 Å². The van der Waals surface area contributed by atoms with Crippen LogP contribution in [-0.2, 0) is 19.3 Å². The van der Waals surface area contributed by atoms with Crippen molar-refractivity contribution in [3.05, 3.63) is 11.6 Å². The number of hydrogen-bond acceptors (Lipinski definition) is 4. The van der Waals surface area contributed by atoms with Crippen molar-refractivity contribution < 1.29 is 13.2 Å². The van der Waals surface area contributed by atoms with E-state index in [4.69, 9.17) is 5.73 Å². The second-order valence-corrected chi connectivity index (χ2v) is 5.69. The minimum atomic E-state index is -4.43. The monoisotopic (exact) mass is 305 g/mol. The highest BCUT2D eigenvalue weighted by Gasteiger charge is 2.39. The van der Waals surface area contributed by atoms with Crippen LogP contribution < -0.4 is 5.73 Å². The van der Waals surface area contributed by atoms with Gasteiger partial charge in [-0.05, 0) is 38.3 Å². The molecule has 0 fully saturated rings. The second kappa shape index (κ2) is 6.74. The van der Waals surface area contributed by atoms with Crippen molar-refractivity contribution in [1.82, 2.24) is 19.7 Å². The third-order valence-electron chi connectivity index (χ3n) is 3.92. The standard InChI is InChI=1S/C13H22F3N5/c1-10(4-5-17)3-2-6-20-7-8-21-11(9-20)18-19-12(21)13(14,15)16/h10H,2-9,17H2,1H3. The van der Waals surface area contributed by atoms with E-state index in [-0.39, 0.29) is 0 Å². The molecule has 1 aromatic heterocycles. The molecule has 1 aliphatic heterocycles. The maximum atomic E-state index is 12.7. The summed E-state index contributed by atoms with van der Waals surface area (Å²) < 4.78 is 39.4. The van der Waals surface area contributed by atoms with Crippen molar-refractivity contribution in [2.75, 3.05) is 19.6 Å². The Balaban J connectivity index is 1.85. The first-order chi connectivity index (χ1) is 9.91. The lowest BCUT2D eigenvalue weighted by molar-refractivity contribution is -0.148. The number of rotatable bonds is 6. The Kier molecular flexibility index (Phi) is 5.21. The first-order valence-electron chi connectivity index (χ1n) is 7.33. The first-order valence-corrected chi connectivity index (χ1v) is 7.33. The quantitative estimate of drug-likeness (QED) is 0.872. The molecule has 0 radical (unpaired) electrons. The van der Waals surface area contributed by atoms with Gasteiger partial charge in [0, 0.05) is 13.1 Å². The molecule has 0 saturated heterocycles. The molecule has 1 unspecified atom stereocenters. The molecule has 0 bridgehead atoms. The maximum Gasteiger partial charge on any atom is 0.451 e. The molecule has 120 valence electrons. The number of hydrogen-bond donors (Lipinski definition) is 1. The van der Waals surface area contributed by atoms with Gasteiger partial charge in [0.05, 0.1) is 6.54 Å². The average molecular weight is 305 g/mol. The Morgan fingerprint density at radius 2 is 2.00 bits per heavy atom. The Morgan fingerprint density at radius 1 is 1.24 bits per heavy atom. The van der Waals surface area contributed by atoms with E-state index in [1.807, 2.05) is 0 Å². The van der Waals surface area contributed by atoms with Gasteiger partial charge in [-0.15, -0.1) is 10.2 Å². The zero-order valence-corrected chi connectivity index (χ0v) is 12.2. The molecule has 0 aliphatic carbocycles. The van der Waals surface area contributed by atoms with Crippen LogP contribution in [0.4, 0.5) is 13.2 Å². The normalized spacial score (nSPS) is 17.8. The summed E-state index contributed by atoms with van der Waals surface area (Å²) in [7, 11) is 0. The highest BCUT2D eigenvalue weighted by Crippen LogP contribution is 2.29. The number of aromatic nitrogens is 3. The van der Waals surface area contributed by atoms with Crippen LogP contribution in [0.5, 0.6) is 0 Å². The predicted molar refractivity (Wildman–Crippen MR) is 72.4 cm³/mol. The molecular formula is C13H22F3N5. The van der Waals surface area contributed by atoms with Gasteiger partial charge in [-0.1, -0.05) is 6.92 Å². The summed E-state index contributed by atoms with van der Waals surface area (Å²) in [4.78, 5) is 2.14. The summed E-state index contributed by atoms with van der Waals surface area (Å²) in [6, 6.07) is 0. The fourth-order valence-corrected chi connectivity index (χ4v) is 2.70. The molecule has 0 spiro atoms. The number of fused-ring (bicyclic) bond motifs is 1. The second-order valence-electron chi connectivity index (χ2n) is 5.69. The third-order valence-corrected chi connectivity index (χ3v) is 3.92. The highest BCUT2D eigenvalue weighted by molar-refractivity contribution is 5.02. The third kappa shape index (κ3) is 4.16. The lowest BCUT2D eigenvalue weighted by atomic mass is 10.0. The number of halogens is 3. The van der Waals surface area contributed by atoms with E-state index in [1.165, 1.54) is 4.57 Å². The highest BCUT2D eigenvalue weighted by atomic mass is 19.4. The van der Waals surface area contributed by atoms with E-state index in [0.717, 1.165) is 25.8 Å². The largest absolute Gasteiger partial charge is 0.451 e. The molecule has 21 heavy (non-hydrogen) atoms. The van der Waals surface area contributed by atoms with Crippen LogP contribution >= 0.6 is 0 Å². The van der Waals surface area contributed by atoms with Gasteiger partial charge in [-0.2, -0.15) is 13.2 Å². The molecule has 0 saturated carbocycles. The van der Waals surface area contributed by atoms with Gasteiger partial charge < -0.3 is 10.3 Å². The zero-order chi connectivity index (χ0) is 15.5. The van der Waals surface area contributed by atoms with Crippen LogP contribution in [0, 0.1) is 5.92 Å². The molecule has 5 nitrogen and oxygen atoms in total. The molecule has 1 atom stereocenters.